The number of nitrogens with one attached hydrogen (secondary N) is 1. The molecule has 0 fully saturated rings. The number of rotatable bonds is 8. The largest absolute Gasteiger partial charge is 0.467 e. The summed E-state index contributed by atoms with van der Waals surface area (Å²) in [6.45, 7) is 5.45. The lowest BCUT2D eigenvalue weighted by Gasteiger charge is -2.04. The van der Waals surface area contributed by atoms with Gasteiger partial charge in [0.1, 0.15) is 19.0 Å². The van der Waals surface area contributed by atoms with Gasteiger partial charge in [-0.1, -0.05) is 13.8 Å². The lowest BCUT2D eigenvalue weighted by molar-refractivity contribution is 0.00453. The average molecular weight is 247 g/mol. The molecule has 0 aliphatic heterocycles. The van der Waals surface area contributed by atoms with Crippen LogP contribution in [0, 0.1) is 5.92 Å². The summed E-state index contributed by atoms with van der Waals surface area (Å²) in [6, 6.07) is 1.82. The molecule has 98 valence electrons. The molecule has 3 nitrogen and oxygen atoms in total. The van der Waals surface area contributed by atoms with Gasteiger partial charge in [-0.15, -0.1) is 0 Å². The summed E-state index contributed by atoms with van der Waals surface area (Å²) >= 11 is 0. The van der Waals surface area contributed by atoms with Gasteiger partial charge in [0.2, 0.25) is 0 Å². The second kappa shape index (κ2) is 7.40. The summed E-state index contributed by atoms with van der Waals surface area (Å²) in [6.07, 6.45) is -0.814. The minimum Gasteiger partial charge on any atom is -0.467 e. The first-order valence-corrected chi connectivity index (χ1v) is 5.71. The Bertz CT molecular complexity index is 285. The molecule has 0 amide bonds. The van der Waals surface area contributed by atoms with Gasteiger partial charge in [0, 0.05) is 12.1 Å². The lowest BCUT2D eigenvalue weighted by atomic mass is 10.2. The van der Waals surface area contributed by atoms with E-state index in [2.05, 4.69) is 19.2 Å². The molecule has 1 aromatic rings. The molecule has 0 saturated carbocycles. The summed E-state index contributed by atoms with van der Waals surface area (Å²) in [5.41, 5.74) is 1.00. The van der Waals surface area contributed by atoms with Crippen LogP contribution in [0.5, 0.6) is 0 Å². The first kappa shape index (κ1) is 14.1. The summed E-state index contributed by atoms with van der Waals surface area (Å²) in [5, 5.41) is 3.27. The lowest BCUT2D eigenvalue weighted by Crippen LogP contribution is -2.18. The molecule has 1 N–H and O–H groups in total. The van der Waals surface area contributed by atoms with Crippen LogP contribution in [0.1, 0.15) is 25.2 Å². The van der Waals surface area contributed by atoms with Gasteiger partial charge >= 0.3 is 0 Å². The van der Waals surface area contributed by atoms with Gasteiger partial charge in [-0.05, 0) is 18.5 Å². The van der Waals surface area contributed by atoms with E-state index in [9.17, 15) is 8.78 Å². The Morgan fingerprint density at radius 3 is 2.82 bits per heavy atom. The van der Waals surface area contributed by atoms with Crippen molar-refractivity contribution in [1.82, 2.24) is 5.32 Å². The normalized spacial score (nSPS) is 11.6. The number of hydrogen-bond donors (Lipinski definition) is 1. The average Bonchev–Trinajstić information content (AvgIpc) is 2.65. The van der Waals surface area contributed by atoms with Crippen LogP contribution in [0.4, 0.5) is 8.78 Å². The number of ether oxygens (including phenoxy) is 1. The zero-order chi connectivity index (χ0) is 12.7. The Labute approximate surface area is 100 Å². The van der Waals surface area contributed by atoms with E-state index in [-0.39, 0.29) is 6.61 Å². The quantitative estimate of drug-likeness (QED) is 0.767. The van der Waals surface area contributed by atoms with Crippen LogP contribution >= 0.6 is 0 Å². The van der Waals surface area contributed by atoms with E-state index in [0.29, 0.717) is 11.7 Å². The van der Waals surface area contributed by atoms with Crippen molar-refractivity contribution in [2.24, 2.45) is 5.92 Å². The van der Waals surface area contributed by atoms with Crippen molar-refractivity contribution in [2.45, 2.75) is 33.4 Å². The van der Waals surface area contributed by atoms with Gasteiger partial charge in [0.25, 0.3) is 6.43 Å². The fourth-order valence-electron chi connectivity index (χ4n) is 1.35. The van der Waals surface area contributed by atoms with Crippen molar-refractivity contribution < 1.29 is 17.9 Å². The van der Waals surface area contributed by atoms with E-state index < -0.39 is 13.0 Å². The van der Waals surface area contributed by atoms with E-state index in [1.54, 1.807) is 6.26 Å². The van der Waals surface area contributed by atoms with E-state index in [0.717, 1.165) is 18.7 Å². The first-order chi connectivity index (χ1) is 8.08. The molecule has 0 spiro atoms. The topological polar surface area (TPSA) is 34.4 Å². The fraction of sp³-hybridized carbons (Fsp3) is 0.667. The van der Waals surface area contributed by atoms with Crippen LogP contribution < -0.4 is 5.32 Å². The van der Waals surface area contributed by atoms with Crippen LogP contribution in [0.2, 0.25) is 0 Å². The third-order valence-corrected chi connectivity index (χ3v) is 2.08. The molecule has 0 unspecified atom stereocenters. The highest BCUT2D eigenvalue weighted by molar-refractivity contribution is 5.11. The molecule has 5 heteroatoms. The van der Waals surface area contributed by atoms with Gasteiger partial charge in [-0.3, -0.25) is 0 Å². The van der Waals surface area contributed by atoms with Gasteiger partial charge < -0.3 is 14.5 Å². The molecule has 0 saturated heterocycles. The van der Waals surface area contributed by atoms with Crippen molar-refractivity contribution >= 4 is 0 Å². The SMILES string of the molecule is CC(C)CNCc1coc(COCC(F)F)c1. The Kier molecular flexibility index (Phi) is 6.15. The van der Waals surface area contributed by atoms with Crippen molar-refractivity contribution in [2.75, 3.05) is 13.2 Å². The maximum Gasteiger partial charge on any atom is 0.261 e. The third-order valence-electron chi connectivity index (χ3n) is 2.08. The Balaban J connectivity index is 2.23. The Morgan fingerprint density at radius 2 is 2.18 bits per heavy atom. The molecule has 0 aliphatic rings. The minimum absolute atomic E-state index is 0.0918. The van der Waals surface area contributed by atoms with Crippen LogP contribution in [-0.2, 0) is 17.9 Å². The van der Waals surface area contributed by atoms with Crippen LogP contribution in [-0.4, -0.2) is 19.6 Å². The van der Waals surface area contributed by atoms with Gasteiger partial charge in [0.15, 0.2) is 0 Å². The summed E-state index contributed by atoms with van der Waals surface area (Å²) in [5.74, 6) is 1.17. The number of furan rings is 1. The van der Waals surface area contributed by atoms with E-state index in [1.807, 2.05) is 6.07 Å². The van der Waals surface area contributed by atoms with Crippen molar-refractivity contribution in [3.63, 3.8) is 0 Å². The monoisotopic (exact) mass is 247 g/mol. The zero-order valence-electron chi connectivity index (χ0n) is 10.2. The van der Waals surface area contributed by atoms with Crippen LogP contribution in [0.3, 0.4) is 0 Å². The molecule has 0 atom stereocenters. The molecule has 1 aromatic heterocycles. The fourth-order valence-corrected chi connectivity index (χ4v) is 1.35. The Morgan fingerprint density at radius 1 is 1.41 bits per heavy atom. The molecule has 17 heavy (non-hydrogen) atoms. The van der Waals surface area contributed by atoms with Crippen molar-refractivity contribution in [3.8, 4) is 0 Å². The second-order valence-electron chi connectivity index (χ2n) is 4.35. The molecule has 1 heterocycles. The maximum absolute atomic E-state index is 11.8. The Hall–Kier alpha value is -0.940. The summed E-state index contributed by atoms with van der Waals surface area (Å²) < 4.78 is 33.6. The molecular formula is C12H19F2NO2. The standard InChI is InChI=1S/C12H19F2NO2/c1-9(2)4-15-5-10-3-11(17-6-10)7-16-8-12(13)14/h3,6,9,12,15H,4-5,7-8H2,1-2H3. The molecule has 0 aliphatic carbocycles. The van der Waals surface area contributed by atoms with Crippen molar-refractivity contribution in [1.29, 1.82) is 0 Å². The van der Waals surface area contributed by atoms with Crippen LogP contribution in [0.15, 0.2) is 16.7 Å². The molecule has 0 bridgehead atoms. The second-order valence-corrected chi connectivity index (χ2v) is 4.35. The number of hydrogen-bond acceptors (Lipinski definition) is 3. The van der Waals surface area contributed by atoms with Crippen molar-refractivity contribution in [3.05, 3.63) is 23.7 Å². The highest BCUT2D eigenvalue weighted by atomic mass is 19.3. The summed E-state index contributed by atoms with van der Waals surface area (Å²) in [4.78, 5) is 0. The van der Waals surface area contributed by atoms with Crippen LogP contribution in [0.25, 0.3) is 0 Å². The smallest absolute Gasteiger partial charge is 0.261 e. The van der Waals surface area contributed by atoms with Gasteiger partial charge in [0.05, 0.1) is 6.26 Å². The summed E-state index contributed by atoms with van der Waals surface area (Å²) in [7, 11) is 0. The molecular weight excluding hydrogens is 228 g/mol. The van der Waals surface area contributed by atoms with E-state index in [1.165, 1.54) is 0 Å². The minimum atomic E-state index is -2.43. The van der Waals surface area contributed by atoms with E-state index >= 15 is 0 Å². The zero-order valence-corrected chi connectivity index (χ0v) is 10.2. The highest BCUT2D eigenvalue weighted by Crippen LogP contribution is 2.09. The third kappa shape index (κ3) is 6.38. The maximum atomic E-state index is 11.8. The molecule has 0 radical (unpaired) electrons. The predicted molar refractivity (Wildman–Crippen MR) is 60.9 cm³/mol. The number of alkyl halides is 2. The molecule has 0 aromatic carbocycles. The van der Waals surface area contributed by atoms with Gasteiger partial charge in [-0.25, -0.2) is 8.78 Å². The van der Waals surface area contributed by atoms with Gasteiger partial charge in [-0.2, -0.15) is 0 Å². The predicted octanol–water partition coefficient (Wildman–Crippen LogP) is 2.81. The molecule has 1 rings (SSSR count). The number of halogens is 2. The van der Waals surface area contributed by atoms with E-state index in [4.69, 9.17) is 9.15 Å². The highest BCUT2D eigenvalue weighted by Gasteiger charge is 2.05. The first-order valence-electron chi connectivity index (χ1n) is 5.71.